The Morgan fingerprint density at radius 1 is 1.18 bits per heavy atom. The Balaban J connectivity index is 4.10. The van der Waals surface area contributed by atoms with Crippen LogP contribution < -0.4 is 5.73 Å². The standard InChI is InChI=1S/C11H21NO5/c1-3-15-5-6-17-10(7-9(13)8-12)11(14)16-4-2/h10H,3-8,12H2,1-2H3. The molecule has 1 unspecified atom stereocenters. The van der Waals surface area contributed by atoms with Gasteiger partial charge in [0.1, 0.15) is 5.78 Å². The highest BCUT2D eigenvalue weighted by molar-refractivity contribution is 5.86. The van der Waals surface area contributed by atoms with E-state index in [2.05, 4.69) is 0 Å². The lowest BCUT2D eigenvalue weighted by Gasteiger charge is -2.15. The third-order valence-electron chi connectivity index (χ3n) is 1.94. The first-order chi connectivity index (χ1) is 8.15. The molecule has 0 rings (SSSR count). The van der Waals surface area contributed by atoms with Crippen molar-refractivity contribution in [2.24, 2.45) is 5.73 Å². The van der Waals surface area contributed by atoms with Gasteiger partial charge < -0.3 is 19.9 Å². The number of hydrogen-bond donors (Lipinski definition) is 1. The number of ether oxygens (including phenoxy) is 3. The minimum atomic E-state index is -0.883. The molecule has 0 saturated heterocycles. The van der Waals surface area contributed by atoms with E-state index in [9.17, 15) is 9.59 Å². The van der Waals surface area contributed by atoms with Gasteiger partial charge in [0.25, 0.3) is 0 Å². The minimum absolute atomic E-state index is 0.0541. The summed E-state index contributed by atoms with van der Waals surface area (Å²) in [4.78, 5) is 22.7. The van der Waals surface area contributed by atoms with Crippen molar-refractivity contribution in [1.82, 2.24) is 0 Å². The number of nitrogens with two attached hydrogens (primary N) is 1. The zero-order chi connectivity index (χ0) is 13.1. The van der Waals surface area contributed by atoms with Crippen LogP contribution in [-0.4, -0.2) is 50.8 Å². The molecule has 100 valence electrons. The first-order valence-electron chi connectivity index (χ1n) is 5.73. The molecule has 0 amide bonds. The summed E-state index contributed by atoms with van der Waals surface area (Å²) < 4.78 is 15.1. The Labute approximate surface area is 101 Å². The molecule has 17 heavy (non-hydrogen) atoms. The average Bonchev–Trinajstić information content (AvgIpc) is 2.33. The number of carbonyl (C=O) groups is 2. The molecule has 2 N–H and O–H groups in total. The topological polar surface area (TPSA) is 87.9 Å². The Morgan fingerprint density at radius 2 is 1.88 bits per heavy atom. The maximum atomic E-state index is 11.5. The Kier molecular flexibility index (Phi) is 9.60. The van der Waals surface area contributed by atoms with Gasteiger partial charge in [0.05, 0.1) is 26.4 Å². The molecule has 1 atom stereocenters. The van der Waals surface area contributed by atoms with Crippen molar-refractivity contribution in [3.05, 3.63) is 0 Å². The summed E-state index contributed by atoms with van der Waals surface area (Å²) in [6, 6.07) is 0. The summed E-state index contributed by atoms with van der Waals surface area (Å²) >= 11 is 0. The third kappa shape index (κ3) is 7.84. The predicted molar refractivity (Wildman–Crippen MR) is 61.5 cm³/mol. The van der Waals surface area contributed by atoms with Crippen molar-refractivity contribution in [3.8, 4) is 0 Å². The summed E-state index contributed by atoms with van der Waals surface area (Å²) in [7, 11) is 0. The molecule has 0 spiro atoms. The molecular weight excluding hydrogens is 226 g/mol. The lowest BCUT2D eigenvalue weighted by molar-refractivity contribution is -0.159. The summed E-state index contributed by atoms with van der Waals surface area (Å²) in [5.41, 5.74) is 5.19. The lowest BCUT2D eigenvalue weighted by Crippen LogP contribution is -2.32. The number of carbonyl (C=O) groups excluding carboxylic acids is 2. The Bertz CT molecular complexity index is 232. The molecule has 0 aromatic rings. The van der Waals surface area contributed by atoms with E-state index in [4.69, 9.17) is 19.9 Å². The van der Waals surface area contributed by atoms with Crippen LogP contribution in [0.25, 0.3) is 0 Å². The number of ketones is 1. The molecule has 0 aliphatic rings. The fourth-order valence-corrected chi connectivity index (χ4v) is 1.13. The molecule has 0 bridgehead atoms. The molecule has 0 aliphatic heterocycles. The number of esters is 1. The normalized spacial score (nSPS) is 12.2. The zero-order valence-electron chi connectivity index (χ0n) is 10.4. The summed E-state index contributed by atoms with van der Waals surface area (Å²) in [5.74, 6) is -0.773. The summed E-state index contributed by atoms with van der Waals surface area (Å²) in [5, 5.41) is 0. The van der Waals surface area contributed by atoms with Crippen molar-refractivity contribution in [2.75, 3.05) is 33.0 Å². The van der Waals surface area contributed by atoms with Crippen LogP contribution in [0.2, 0.25) is 0 Å². The quantitative estimate of drug-likeness (QED) is 0.428. The maximum absolute atomic E-state index is 11.5. The van der Waals surface area contributed by atoms with Crippen LogP contribution in [0.3, 0.4) is 0 Å². The smallest absolute Gasteiger partial charge is 0.335 e. The molecule has 6 heteroatoms. The van der Waals surface area contributed by atoms with E-state index in [1.807, 2.05) is 6.92 Å². The van der Waals surface area contributed by atoms with Gasteiger partial charge in [-0.3, -0.25) is 4.79 Å². The summed E-state index contributed by atoms with van der Waals surface area (Å²) in [6.45, 7) is 4.90. The molecule has 0 fully saturated rings. The van der Waals surface area contributed by atoms with E-state index in [1.54, 1.807) is 6.92 Å². The van der Waals surface area contributed by atoms with Crippen LogP contribution in [0, 0.1) is 0 Å². The van der Waals surface area contributed by atoms with Gasteiger partial charge in [-0.15, -0.1) is 0 Å². The van der Waals surface area contributed by atoms with E-state index in [0.29, 0.717) is 13.2 Å². The molecule has 6 nitrogen and oxygen atoms in total. The van der Waals surface area contributed by atoms with Crippen molar-refractivity contribution in [2.45, 2.75) is 26.4 Å². The molecule has 0 heterocycles. The van der Waals surface area contributed by atoms with E-state index >= 15 is 0 Å². The van der Waals surface area contributed by atoms with Gasteiger partial charge >= 0.3 is 5.97 Å². The van der Waals surface area contributed by atoms with Crippen molar-refractivity contribution < 1.29 is 23.8 Å². The average molecular weight is 247 g/mol. The van der Waals surface area contributed by atoms with E-state index in [0.717, 1.165) is 0 Å². The van der Waals surface area contributed by atoms with Gasteiger partial charge in [0, 0.05) is 13.0 Å². The van der Waals surface area contributed by atoms with Crippen LogP contribution in [0.4, 0.5) is 0 Å². The molecule has 0 saturated carbocycles. The SMILES string of the molecule is CCOCCOC(CC(=O)CN)C(=O)OCC. The fourth-order valence-electron chi connectivity index (χ4n) is 1.13. The van der Waals surface area contributed by atoms with Crippen LogP contribution in [-0.2, 0) is 23.8 Å². The van der Waals surface area contributed by atoms with E-state index in [1.165, 1.54) is 0 Å². The first-order valence-corrected chi connectivity index (χ1v) is 5.73. The molecule has 0 aliphatic carbocycles. The second kappa shape index (κ2) is 10.2. The Morgan fingerprint density at radius 3 is 2.41 bits per heavy atom. The van der Waals surface area contributed by atoms with Gasteiger partial charge in [0.2, 0.25) is 0 Å². The fraction of sp³-hybridized carbons (Fsp3) is 0.818. The highest BCUT2D eigenvalue weighted by Gasteiger charge is 2.23. The van der Waals surface area contributed by atoms with E-state index < -0.39 is 12.1 Å². The van der Waals surface area contributed by atoms with Gasteiger partial charge in [-0.1, -0.05) is 0 Å². The van der Waals surface area contributed by atoms with E-state index in [-0.39, 0.29) is 32.0 Å². The highest BCUT2D eigenvalue weighted by atomic mass is 16.6. The molecule has 0 aromatic carbocycles. The van der Waals surface area contributed by atoms with Gasteiger partial charge in [0.15, 0.2) is 6.10 Å². The first kappa shape index (κ1) is 16.0. The van der Waals surface area contributed by atoms with Crippen LogP contribution in [0.15, 0.2) is 0 Å². The highest BCUT2D eigenvalue weighted by Crippen LogP contribution is 2.03. The largest absolute Gasteiger partial charge is 0.464 e. The Hall–Kier alpha value is -0.980. The summed E-state index contributed by atoms with van der Waals surface area (Å²) in [6.07, 6.45) is -0.937. The van der Waals surface area contributed by atoms with Crippen LogP contribution in [0.1, 0.15) is 20.3 Å². The maximum Gasteiger partial charge on any atom is 0.335 e. The van der Waals surface area contributed by atoms with Crippen LogP contribution >= 0.6 is 0 Å². The van der Waals surface area contributed by atoms with Crippen LogP contribution in [0.5, 0.6) is 0 Å². The third-order valence-corrected chi connectivity index (χ3v) is 1.94. The minimum Gasteiger partial charge on any atom is -0.464 e. The zero-order valence-corrected chi connectivity index (χ0v) is 10.4. The second-order valence-corrected chi connectivity index (χ2v) is 3.26. The van der Waals surface area contributed by atoms with Crippen molar-refractivity contribution >= 4 is 11.8 Å². The lowest BCUT2D eigenvalue weighted by atomic mass is 10.2. The molecule has 0 radical (unpaired) electrons. The predicted octanol–water partition coefficient (Wildman–Crippen LogP) is -0.111. The number of Topliss-reactive ketones (excluding diaryl/α,β-unsaturated/α-hetero) is 1. The second-order valence-electron chi connectivity index (χ2n) is 3.26. The molecule has 0 aromatic heterocycles. The van der Waals surface area contributed by atoms with Gasteiger partial charge in [-0.05, 0) is 13.8 Å². The number of hydrogen-bond acceptors (Lipinski definition) is 6. The van der Waals surface area contributed by atoms with Crippen molar-refractivity contribution in [3.63, 3.8) is 0 Å². The number of rotatable bonds is 10. The van der Waals surface area contributed by atoms with Gasteiger partial charge in [-0.2, -0.15) is 0 Å². The molecular formula is C11H21NO5. The van der Waals surface area contributed by atoms with Gasteiger partial charge in [-0.25, -0.2) is 4.79 Å². The van der Waals surface area contributed by atoms with Crippen molar-refractivity contribution in [1.29, 1.82) is 0 Å². The monoisotopic (exact) mass is 247 g/mol.